The first-order chi connectivity index (χ1) is 13.8. The molecule has 0 fully saturated rings. The van der Waals surface area contributed by atoms with Crippen molar-refractivity contribution in [2.75, 3.05) is 6.54 Å². The highest BCUT2D eigenvalue weighted by Gasteiger charge is 2.26. The van der Waals surface area contributed by atoms with Gasteiger partial charge in [0.25, 0.3) is 0 Å². The molecule has 0 heterocycles. The maximum Gasteiger partial charge on any atom is 0.242 e. The van der Waals surface area contributed by atoms with Gasteiger partial charge in [-0.3, -0.25) is 9.59 Å². The van der Waals surface area contributed by atoms with Crippen LogP contribution in [-0.2, 0) is 22.6 Å². The molecule has 1 unspecified atom stereocenters. The van der Waals surface area contributed by atoms with Crippen LogP contribution in [0.25, 0.3) is 0 Å². The number of carbonyl (C=O) groups is 2. The summed E-state index contributed by atoms with van der Waals surface area (Å²) in [7, 11) is 0. The van der Waals surface area contributed by atoms with Crippen molar-refractivity contribution in [2.45, 2.75) is 53.1 Å². The van der Waals surface area contributed by atoms with Gasteiger partial charge in [-0.2, -0.15) is 0 Å². The van der Waals surface area contributed by atoms with Gasteiger partial charge in [0, 0.05) is 24.5 Å². The second-order valence-corrected chi connectivity index (χ2v) is 8.32. The number of rotatable bonds is 9. The summed E-state index contributed by atoms with van der Waals surface area (Å²) in [6, 6.07) is 15.0. The number of nitrogens with one attached hydrogen (secondary N) is 1. The summed E-state index contributed by atoms with van der Waals surface area (Å²) in [4.78, 5) is 27.4. The Morgan fingerprint density at radius 2 is 1.79 bits per heavy atom. The van der Waals surface area contributed by atoms with E-state index in [1.807, 2.05) is 69.3 Å². The Bertz CT molecular complexity index is 835. The van der Waals surface area contributed by atoms with Gasteiger partial charge in [-0.1, -0.05) is 73.5 Å². The first kappa shape index (κ1) is 23.0. The van der Waals surface area contributed by atoms with E-state index in [0.717, 1.165) is 16.7 Å². The van der Waals surface area contributed by atoms with Crippen molar-refractivity contribution in [2.24, 2.45) is 5.92 Å². The van der Waals surface area contributed by atoms with Crippen LogP contribution in [0.5, 0.6) is 0 Å². The number of halogens is 1. The molecule has 0 aliphatic heterocycles. The average molecular weight is 415 g/mol. The van der Waals surface area contributed by atoms with Gasteiger partial charge in [0.15, 0.2) is 0 Å². The molecule has 2 amide bonds. The van der Waals surface area contributed by atoms with Crippen LogP contribution in [0.1, 0.15) is 43.9 Å². The van der Waals surface area contributed by atoms with Gasteiger partial charge < -0.3 is 10.2 Å². The Kier molecular flexibility index (Phi) is 8.71. The van der Waals surface area contributed by atoms with Gasteiger partial charge >= 0.3 is 0 Å². The van der Waals surface area contributed by atoms with Crippen molar-refractivity contribution < 1.29 is 9.59 Å². The standard InChI is InChI=1S/C24H31ClN2O2/c1-17(2)15-26-24(29)19(4)27(16-20-9-7-8-18(3)14-20)23(28)13-12-21-10-5-6-11-22(21)25/h5-11,14,17,19H,12-13,15-16H2,1-4H3,(H,26,29). The van der Waals surface area contributed by atoms with Crippen molar-refractivity contribution in [1.29, 1.82) is 0 Å². The highest BCUT2D eigenvalue weighted by atomic mass is 35.5. The molecule has 156 valence electrons. The lowest BCUT2D eigenvalue weighted by Gasteiger charge is -2.29. The minimum absolute atomic E-state index is 0.0568. The molecule has 2 rings (SSSR count). The third-order valence-corrected chi connectivity index (χ3v) is 5.22. The van der Waals surface area contributed by atoms with Crippen molar-refractivity contribution in [3.63, 3.8) is 0 Å². The summed E-state index contributed by atoms with van der Waals surface area (Å²) in [5, 5.41) is 3.60. The predicted molar refractivity (Wildman–Crippen MR) is 119 cm³/mol. The molecule has 0 aromatic heterocycles. The van der Waals surface area contributed by atoms with Crippen LogP contribution < -0.4 is 5.32 Å². The molecule has 0 spiro atoms. The SMILES string of the molecule is Cc1cccc(CN(C(=O)CCc2ccccc2Cl)C(C)C(=O)NCC(C)C)c1. The van der Waals surface area contributed by atoms with Crippen LogP contribution in [0.2, 0.25) is 5.02 Å². The molecule has 2 aromatic rings. The number of hydrogen-bond acceptors (Lipinski definition) is 2. The lowest BCUT2D eigenvalue weighted by Crippen LogP contribution is -2.48. The van der Waals surface area contributed by atoms with Gasteiger partial charge in [0.1, 0.15) is 6.04 Å². The zero-order chi connectivity index (χ0) is 21.4. The topological polar surface area (TPSA) is 49.4 Å². The fourth-order valence-corrected chi connectivity index (χ4v) is 3.36. The smallest absolute Gasteiger partial charge is 0.242 e. The molecule has 0 aliphatic rings. The zero-order valence-corrected chi connectivity index (χ0v) is 18.5. The number of amides is 2. The monoisotopic (exact) mass is 414 g/mol. The van der Waals surface area contributed by atoms with E-state index in [1.165, 1.54) is 0 Å². The number of hydrogen-bond donors (Lipinski definition) is 1. The zero-order valence-electron chi connectivity index (χ0n) is 17.7. The second-order valence-electron chi connectivity index (χ2n) is 7.92. The third-order valence-electron chi connectivity index (χ3n) is 4.85. The fraction of sp³-hybridized carbons (Fsp3) is 0.417. The van der Waals surface area contributed by atoms with Crippen LogP contribution in [0.15, 0.2) is 48.5 Å². The maximum atomic E-state index is 13.1. The molecule has 0 saturated carbocycles. The van der Waals surface area contributed by atoms with E-state index in [1.54, 1.807) is 11.8 Å². The van der Waals surface area contributed by atoms with Crippen LogP contribution >= 0.6 is 11.6 Å². The molecule has 2 aromatic carbocycles. The predicted octanol–water partition coefficient (Wildman–Crippen LogP) is 4.77. The van der Waals surface area contributed by atoms with E-state index in [4.69, 9.17) is 11.6 Å². The Morgan fingerprint density at radius 3 is 2.45 bits per heavy atom. The first-order valence-electron chi connectivity index (χ1n) is 10.1. The Hall–Kier alpha value is -2.33. The summed E-state index contributed by atoms with van der Waals surface area (Å²) >= 11 is 6.23. The van der Waals surface area contributed by atoms with E-state index >= 15 is 0 Å². The third kappa shape index (κ3) is 7.21. The fourth-order valence-electron chi connectivity index (χ4n) is 3.13. The van der Waals surface area contributed by atoms with E-state index in [9.17, 15) is 9.59 Å². The van der Waals surface area contributed by atoms with Crippen molar-refractivity contribution >= 4 is 23.4 Å². The van der Waals surface area contributed by atoms with Gasteiger partial charge in [0.2, 0.25) is 11.8 Å². The van der Waals surface area contributed by atoms with Crippen LogP contribution in [0, 0.1) is 12.8 Å². The summed E-state index contributed by atoms with van der Waals surface area (Å²) in [5.41, 5.74) is 3.08. The molecule has 29 heavy (non-hydrogen) atoms. The minimum Gasteiger partial charge on any atom is -0.354 e. The van der Waals surface area contributed by atoms with Crippen molar-refractivity contribution in [3.8, 4) is 0 Å². The normalized spacial score (nSPS) is 11.9. The van der Waals surface area contributed by atoms with E-state index in [0.29, 0.717) is 36.9 Å². The summed E-state index contributed by atoms with van der Waals surface area (Å²) in [5.74, 6) is 0.170. The van der Waals surface area contributed by atoms with Gasteiger partial charge in [-0.05, 0) is 43.4 Å². The van der Waals surface area contributed by atoms with Crippen molar-refractivity contribution in [1.82, 2.24) is 10.2 Å². The number of nitrogens with zero attached hydrogens (tertiary/aromatic N) is 1. The second kappa shape index (κ2) is 11.0. The quantitative estimate of drug-likeness (QED) is 0.642. The van der Waals surface area contributed by atoms with Crippen LogP contribution in [0.4, 0.5) is 0 Å². The Labute approximate surface area is 179 Å². The summed E-state index contributed by atoms with van der Waals surface area (Å²) in [6.07, 6.45) is 0.848. The largest absolute Gasteiger partial charge is 0.354 e. The van der Waals surface area contributed by atoms with Gasteiger partial charge in [-0.15, -0.1) is 0 Å². The maximum absolute atomic E-state index is 13.1. The van der Waals surface area contributed by atoms with Crippen LogP contribution in [0.3, 0.4) is 0 Å². The molecule has 0 saturated heterocycles. The first-order valence-corrected chi connectivity index (χ1v) is 10.5. The highest BCUT2D eigenvalue weighted by Crippen LogP contribution is 2.18. The highest BCUT2D eigenvalue weighted by molar-refractivity contribution is 6.31. The van der Waals surface area contributed by atoms with Crippen molar-refractivity contribution in [3.05, 3.63) is 70.2 Å². The van der Waals surface area contributed by atoms with E-state index in [-0.39, 0.29) is 11.8 Å². The molecule has 1 N–H and O–H groups in total. The average Bonchev–Trinajstić information content (AvgIpc) is 2.69. The molecular weight excluding hydrogens is 384 g/mol. The van der Waals surface area contributed by atoms with Gasteiger partial charge in [-0.25, -0.2) is 0 Å². The summed E-state index contributed by atoms with van der Waals surface area (Å²) < 4.78 is 0. The molecule has 0 radical (unpaired) electrons. The molecule has 0 aliphatic carbocycles. The Balaban J connectivity index is 2.14. The molecular formula is C24H31ClN2O2. The van der Waals surface area contributed by atoms with Crippen LogP contribution in [-0.4, -0.2) is 29.3 Å². The van der Waals surface area contributed by atoms with Gasteiger partial charge in [0.05, 0.1) is 0 Å². The Morgan fingerprint density at radius 1 is 1.07 bits per heavy atom. The molecule has 0 bridgehead atoms. The van der Waals surface area contributed by atoms with E-state index < -0.39 is 6.04 Å². The summed E-state index contributed by atoms with van der Waals surface area (Å²) in [6.45, 7) is 8.90. The molecule has 1 atom stereocenters. The number of benzene rings is 2. The molecule has 5 heteroatoms. The van der Waals surface area contributed by atoms with E-state index in [2.05, 4.69) is 5.32 Å². The molecule has 4 nitrogen and oxygen atoms in total. The number of carbonyl (C=O) groups excluding carboxylic acids is 2. The lowest BCUT2D eigenvalue weighted by molar-refractivity contribution is -0.140. The minimum atomic E-state index is -0.548. The lowest BCUT2D eigenvalue weighted by atomic mass is 10.1. The number of aryl methyl sites for hydroxylation is 2.